The number of benzene rings is 1. The number of nitrogens with two attached hydrogens (primary N) is 1. The summed E-state index contributed by atoms with van der Waals surface area (Å²) in [6, 6.07) is 4.71. The lowest BCUT2D eigenvalue weighted by Crippen LogP contribution is -1.98. The van der Waals surface area contributed by atoms with Crippen molar-refractivity contribution in [2.75, 3.05) is 5.73 Å². The van der Waals surface area contributed by atoms with Crippen molar-refractivity contribution in [3.05, 3.63) is 35.4 Å². The van der Waals surface area contributed by atoms with Gasteiger partial charge in [0.2, 0.25) is 0 Å². The zero-order valence-electron chi connectivity index (χ0n) is 9.64. The predicted molar refractivity (Wildman–Crippen MR) is 66.1 cm³/mol. The lowest BCUT2D eigenvalue weighted by atomic mass is 10.2. The van der Waals surface area contributed by atoms with E-state index in [4.69, 9.17) is 5.73 Å². The molecule has 0 bridgehead atoms. The Morgan fingerprint density at radius 1 is 1.41 bits per heavy atom. The molecule has 0 aliphatic carbocycles. The Morgan fingerprint density at radius 2 is 2.18 bits per heavy atom. The van der Waals surface area contributed by atoms with E-state index >= 15 is 0 Å². The molecule has 0 fully saturated rings. The molecule has 90 valence electrons. The maximum Gasteiger partial charge on any atom is 0.191 e. The summed E-state index contributed by atoms with van der Waals surface area (Å²) in [6.07, 6.45) is 0. The fourth-order valence-electron chi connectivity index (χ4n) is 1.38. The van der Waals surface area contributed by atoms with Crippen LogP contribution in [0.25, 0.3) is 0 Å². The molecule has 1 aromatic heterocycles. The van der Waals surface area contributed by atoms with Gasteiger partial charge in [0.25, 0.3) is 0 Å². The summed E-state index contributed by atoms with van der Waals surface area (Å²) in [6.45, 7) is 1.87. The molecule has 0 saturated heterocycles. The van der Waals surface area contributed by atoms with Crippen LogP contribution < -0.4 is 5.73 Å². The van der Waals surface area contributed by atoms with E-state index in [0.717, 1.165) is 11.0 Å². The van der Waals surface area contributed by atoms with E-state index in [-0.39, 0.29) is 5.82 Å². The molecular formula is C11H13FN4S. The number of halogens is 1. The van der Waals surface area contributed by atoms with Crippen molar-refractivity contribution in [2.45, 2.75) is 17.8 Å². The van der Waals surface area contributed by atoms with Crippen LogP contribution in [-0.4, -0.2) is 14.8 Å². The largest absolute Gasteiger partial charge is 0.398 e. The highest BCUT2D eigenvalue weighted by Crippen LogP contribution is 2.25. The van der Waals surface area contributed by atoms with E-state index in [1.54, 1.807) is 12.1 Å². The molecule has 1 heterocycles. The van der Waals surface area contributed by atoms with Gasteiger partial charge in [0, 0.05) is 24.1 Å². The Kier molecular flexibility index (Phi) is 3.33. The molecule has 6 heteroatoms. The fraction of sp³-hybridized carbons (Fsp3) is 0.273. The maximum absolute atomic E-state index is 13.5. The van der Waals surface area contributed by atoms with Crippen molar-refractivity contribution < 1.29 is 4.39 Å². The third-order valence-electron chi connectivity index (χ3n) is 2.55. The van der Waals surface area contributed by atoms with Crippen LogP contribution in [0, 0.1) is 12.7 Å². The number of nitrogens with zero attached hydrogens (tertiary/aromatic N) is 3. The molecular weight excluding hydrogens is 239 g/mol. The fourth-order valence-corrected chi connectivity index (χ4v) is 2.38. The molecule has 2 aromatic rings. The predicted octanol–water partition coefficient (Wildman–Crippen LogP) is 2.14. The molecule has 0 radical (unpaired) electrons. The van der Waals surface area contributed by atoms with Gasteiger partial charge in [-0.15, -0.1) is 10.2 Å². The molecule has 0 aliphatic rings. The molecule has 2 rings (SSSR count). The van der Waals surface area contributed by atoms with E-state index in [1.807, 2.05) is 18.5 Å². The van der Waals surface area contributed by atoms with Crippen LogP contribution in [0.15, 0.2) is 23.4 Å². The first kappa shape index (κ1) is 11.9. The second-order valence-electron chi connectivity index (χ2n) is 3.69. The van der Waals surface area contributed by atoms with Crippen molar-refractivity contribution in [2.24, 2.45) is 7.05 Å². The molecule has 0 amide bonds. The number of hydrogen-bond acceptors (Lipinski definition) is 4. The zero-order valence-corrected chi connectivity index (χ0v) is 10.5. The Hall–Kier alpha value is -1.56. The van der Waals surface area contributed by atoms with E-state index in [1.165, 1.54) is 17.8 Å². The first-order valence-corrected chi connectivity index (χ1v) is 6.10. The first-order valence-electron chi connectivity index (χ1n) is 5.11. The minimum Gasteiger partial charge on any atom is -0.398 e. The van der Waals surface area contributed by atoms with Crippen molar-refractivity contribution in [1.82, 2.24) is 14.8 Å². The van der Waals surface area contributed by atoms with Crippen molar-refractivity contribution in [3.63, 3.8) is 0 Å². The number of aryl methyl sites for hydroxylation is 1. The molecule has 0 saturated carbocycles. The van der Waals surface area contributed by atoms with Crippen molar-refractivity contribution in [1.29, 1.82) is 0 Å². The number of nitrogen functional groups attached to an aromatic ring is 1. The Balaban J connectivity index is 2.15. The highest BCUT2D eigenvalue weighted by atomic mass is 32.2. The van der Waals surface area contributed by atoms with Gasteiger partial charge in [0.1, 0.15) is 11.6 Å². The molecule has 2 N–H and O–H groups in total. The highest BCUT2D eigenvalue weighted by molar-refractivity contribution is 7.98. The number of aromatic nitrogens is 3. The first-order chi connectivity index (χ1) is 8.09. The molecule has 0 spiro atoms. The van der Waals surface area contributed by atoms with E-state index in [0.29, 0.717) is 17.0 Å². The monoisotopic (exact) mass is 252 g/mol. The van der Waals surface area contributed by atoms with E-state index in [9.17, 15) is 4.39 Å². The SMILES string of the molecule is Cc1nnc(SCc2c(N)cccc2F)n1C. The van der Waals surface area contributed by atoms with Crippen LogP contribution in [0.3, 0.4) is 0 Å². The minimum atomic E-state index is -0.281. The van der Waals surface area contributed by atoms with Gasteiger partial charge in [-0.2, -0.15) is 0 Å². The summed E-state index contributed by atoms with van der Waals surface area (Å²) in [7, 11) is 1.88. The van der Waals surface area contributed by atoms with E-state index < -0.39 is 0 Å². The van der Waals surface area contributed by atoms with Crippen LogP contribution in [0.1, 0.15) is 11.4 Å². The van der Waals surface area contributed by atoms with Crippen LogP contribution >= 0.6 is 11.8 Å². The lowest BCUT2D eigenvalue weighted by Gasteiger charge is -2.06. The molecule has 17 heavy (non-hydrogen) atoms. The van der Waals surface area contributed by atoms with Crippen LogP contribution in [0.5, 0.6) is 0 Å². The van der Waals surface area contributed by atoms with Gasteiger partial charge in [-0.25, -0.2) is 4.39 Å². The van der Waals surface area contributed by atoms with Gasteiger partial charge in [-0.3, -0.25) is 0 Å². The average Bonchev–Trinajstić information content (AvgIpc) is 2.60. The quantitative estimate of drug-likeness (QED) is 0.671. The molecule has 4 nitrogen and oxygen atoms in total. The van der Waals surface area contributed by atoms with Crippen LogP contribution in [0.4, 0.5) is 10.1 Å². The standard InChI is InChI=1S/C11H13FN4S/c1-7-14-15-11(16(7)2)17-6-8-9(12)4-3-5-10(8)13/h3-5H,6,13H2,1-2H3. The Morgan fingerprint density at radius 3 is 2.76 bits per heavy atom. The molecule has 0 atom stereocenters. The molecule has 0 unspecified atom stereocenters. The average molecular weight is 252 g/mol. The second-order valence-corrected chi connectivity index (χ2v) is 4.63. The zero-order chi connectivity index (χ0) is 12.4. The summed E-state index contributed by atoms with van der Waals surface area (Å²) in [5.74, 6) is 0.996. The summed E-state index contributed by atoms with van der Waals surface area (Å²) in [4.78, 5) is 0. The van der Waals surface area contributed by atoms with Gasteiger partial charge in [0.15, 0.2) is 5.16 Å². The van der Waals surface area contributed by atoms with Gasteiger partial charge in [-0.1, -0.05) is 17.8 Å². The van der Waals surface area contributed by atoms with Gasteiger partial charge in [0.05, 0.1) is 0 Å². The third-order valence-corrected chi connectivity index (χ3v) is 3.60. The van der Waals surface area contributed by atoms with Crippen LogP contribution in [-0.2, 0) is 12.8 Å². The number of anilines is 1. The van der Waals surface area contributed by atoms with Gasteiger partial charge in [-0.05, 0) is 19.1 Å². The highest BCUT2D eigenvalue weighted by Gasteiger charge is 2.10. The van der Waals surface area contributed by atoms with Crippen molar-refractivity contribution in [3.8, 4) is 0 Å². The van der Waals surface area contributed by atoms with E-state index in [2.05, 4.69) is 10.2 Å². The molecule has 1 aromatic carbocycles. The number of rotatable bonds is 3. The molecule has 0 aliphatic heterocycles. The second kappa shape index (κ2) is 4.75. The van der Waals surface area contributed by atoms with Gasteiger partial charge >= 0.3 is 0 Å². The summed E-state index contributed by atoms with van der Waals surface area (Å²) < 4.78 is 15.4. The topological polar surface area (TPSA) is 56.7 Å². The van der Waals surface area contributed by atoms with Gasteiger partial charge < -0.3 is 10.3 Å². The normalized spacial score (nSPS) is 10.8. The number of hydrogen-bond donors (Lipinski definition) is 1. The smallest absolute Gasteiger partial charge is 0.191 e. The minimum absolute atomic E-state index is 0.281. The summed E-state index contributed by atoms with van der Waals surface area (Å²) >= 11 is 1.42. The number of thioether (sulfide) groups is 1. The Labute approximate surface area is 103 Å². The lowest BCUT2D eigenvalue weighted by molar-refractivity contribution is 0.618. The van der Waals surface area contributed by atoms with Crippen LogP contribution in [0.2, 0.25) is 0 Å². The summed E-state index contributed by atoms with van der Waals surface area (Å²) in [5, 5.41) is 8.70. The van der Waals surface area contributed by atoms with Crippen molar-refractivity contribution >= 4 is 17.4 Å². The summed E-state index contributed by atoms with van der Waals surface area (Å²) in [5.41, 5.74) is 6.71. The maximum atomic E-state index is 13.5. The Bertz CT molecular complexity index is 518. The third kappa shape index (κ3) is 2.41.